The van der Waals surface area contributed by atoms with Crippen LogP contribution in [0.4, 0.5) is 8.78 Å². The van der Waals surface area contributed by atoms with E-state index >= 15 is 0 Å². The zero-order chi connectivity index (χ0) is 7.94. The second-order valence-electron chi connectivity index (χ2n) is 2.42. The fourth-order valence-electron chi connectivity index (χ4n) is 0.906. The van der Waals surface area contributed by atoms with Gasteiger partial charge in [-0.1, -0.05) is 0 Å². The van der Waals surface area contributed by atoms with Crippen LogP contribution in [0.15, 0.2) is 0 Å². The summed E-state index contributed by atoms with van der Waals surface area (Å²) < 4.78 is 24.9. The Balaban J connectivity index is 2.85. The Kier molecular flexibility index (Phi) is 1.39. The number of hydrogen-bond donors (Lipinski definition) is 1. The number of alkyl halides is 2. The van der Waals surface area contributed by atoms with E-state index in [1.54, 1.807) is 0 Å². The van der Waals surface area contributed by atoms with Crippen molar-refractivity contribution in [3.8, 4) is 0 Å². The molecule has 0 aromatic carbocycles. The van der Waals surface area contributed by atoms with E-state index in [9.17, 15) is 13.6 Å². The first kappa shape index (κ1) is 7.40. The van der Waals surface area contributed by atoms with Gasteiger partial charge >= 0.3 is 5.92 Å². The molecular formula is C5H8F2N2O. The Bertz CT molecular complexity index is 171. The van der Waals surface area contributed by atoms with Gasteiger partial charge < -0.3 is 10.6 Å². The first-order chi connectivity index (χ1) is 4.46. The molecule has 1 heterocycles. The zero-order valence-electron chi connectivity index (χ0n) is 5.47. The van der Waals surface area contributed by atoms with Crippen LogP contribution < -0.4 is 5.73 Å². The maximum Gasteiger partial charge on any atom is 0.341 e. The SMILES string of the molecule is CN1CC(N)C(F)(F)C1=O. The highest BCUT2D eigenvalue weighted by Crippen LogP contribution is 2.26. The standard InChI is InChI=1S/C5H8F2N2O/c1-9-2-3(8)5(6,7)4(9)10/h3H,2,8H2,1H3. The summed E-state index contributed by atoms with van der Waals surface area (Å²) >= 11 is 0. The van der Waals surface area contributed by atoms with Gasteiger partial charge in [-0.25, -0.2) is 0 Å². The van der Waals surface area contributed by atoms with Gasteiger partial charge in [-0.15, -0.1) is 0 Å². The number of carbonyl (C=O) groups excluding carboxylic acids is 1. The third-order valence-corrected chi connectivity index (χ3v) is 1.57. The highest BCUT2D eigenvalue weighted by molar-refractivity contribution is 5.86. The van der Waals surface area contributed by atoms with Crippen LogP contribution in [-0.2, 0) is 4.79 Å². The molecule has 1 atom stereocenters. The summed E-state index contributed by atoms with van der Waals surface area (Å²) in [6, 6.07) is -1.34. The Morgan fingerprint density at radius 1 is 1.80 bits per heavy atom. The lowest BCUT2D eigenvalue weighted by Crippen LogP contribution is -2.41. The van der Waals surface area contributed by atoms with Gasteiger partial charge in [0.15, 0.2) is 0 Å². The van der Waals surface area contributed by atoms with Gasteiger partial charge in [0.1, 0.15) is 0 Å². The van der Waals surface area contributed by atoms with Gasteiger partial charge in [-0.3, -0.25) is 4.79 Å². The summed E-state index contributed by atoms with van der Waals surface area (Å²) in [6.07, 6.45) is 0. The molecular weight excluding hydrogens is 142 g/mol. The van der Waals surface area contributed by atoms with Crippen molar-refractivity contribution in [2.24, 2.45) is 5.73 Å². The lowest BCUT2D eigenvalue weighted by molar-refractivity contribution is -0.147. The second kappa shape index (κ2) is 1.88. The van der Waals surface area contributed by atoms with Crippen molar-refractivity contribution in [3.63, 3.8) is 0 Å². The van der Waals surface area contributed by atoms with Crippen molar-refractivity contribution in [2.75, 3.05) is 13.6 Å². The summed E-state index contributed by atoms with van der Waals surface area (Å²) in [5, 5.41) is 0. The van der Waals surface area contributed by atoms with E-state index in [0.29, 0.717) is 0 Å². The molecule has 1 fully saturated rings. The molecule has 0 bridgehead atoms. The van der Waals surface area contributed by atoms with Gasteiger partial charge in [0.2, 0.25) is 0 Å². The van der Waals surface area contributed by atoms with E-state index in [2.05, 4.69) is 0 Å². The molecule has 2 N–H and O–H groups in total. The summed E-state index contributed by atoms with van der Waals surface area (Å²) in [4.78, 5) is 11.5. The molecule has 1 amide bonds. The van der Waals surface area contributed by atoms with E-state index in [0.717, 1.165) is 4.90 Å². The average Bonchev–Trinajstić information content (AvgIpc) is 1.97. The Morgan fingerprint density at radius 2 is 2.30 bits per heavy atom. The van der Waals surface area contributed by atoms with Crippen molar-refractivity contribution < 1.29 is 13.6 Å². The number of halogens is 2. The molecule has 10 heavy (non-hydrogen) atoms. The van der Waals surface area contributed by atoms with Crippen LogP contribution in [0.5, 0.6) is 0 Å². The van der Waals surface area contributed by atoms with E-state index in [1.165, 1.54) is 7.05 Å². The molecule has 1 aliphatic heterocycles. The molecule has 58 valence electrons. The van der Waals surface area contributed by atoms with Crippen molar-refractivity contribution >= 4 is 5.91 Å². The Morgan fingerprint density at radius 3 is 2.40 bits per heavy atom. The van der Waals surface area contributed by atoms with E-state index in [-0.39, 0.29) is 6.54 Å². The smallest absolute Gasteiger partial charge is 0.339 e. The fraction of sp³-hybridized carbons (Fsp3) is 0.800. The van der Waals surface area contributed by atoms with Gasteiger partial charge in [0, 0.05) is 13.6 Å². The minimum absolute atomic E-state index is 0.0637. The number of carbonyl (C=O) groups is 1. The second-order valence-corrected chi connectivity index (χ2v) is 2.42. The number of nitrogens with zero attached hydrogens (tertiary/aromatic N) is 1. The molecule has 0 radical (unpaired) electrons. The van der Waals surface area contributed by atoms with Crippen LogP contribution in [0.3, 0.4) is 0 Å². The van der Waals surface area contributed by atoms with Crippen LogP contribution >= 0.6 is 0 Å². The predicted octanol–water partition coefficient (Wildman–Crippen LogP) is -0.579. The first-order valence-electron chi connectivity index (χ1n) is 2.85. The number of rotatable bonds is 0. The van der Waals surface area contributed by atoms with Crippen LogP contribution in [-0.4, -0.2) is 36.4 Å². The first-order valence-corrected chi connectivity index (χ1v) is 2.85. The maximum absolute atomic E-state index is 12.5. The number of amides is 1. The molecule has 0 aliphatic carbocycles. The fourth-order valence-corrected chi connectivity index (χ4v) is 0.906. The van der Waals surface area contributed by atoms with Crippen LogP contribution in [0.2, 0.25) is 0 Å². The molecule has 5 heteroatoms. The van der Waals surface area contributed by atoms with E-state index in [4.69, 9.17) is 5.73 Å². The molecule has 0 saturated carbocycles. The third kappa shape index (κ3) is 0.775. The lowest BCUT2D eigenvalue weighted by atomic mass is 10.2. The maximum atomic E-state index is 12.5. The molecule has 1 saturated heterocycles. The summed E-state index contributed by atoms with van der Waals surface area (Å²) in [5.41, 5.74) is 4.98. The van der Waals surface area contributed by atoms with E-state index < -0.39 is 17.9 Å². The van der Waals surface area contributed by atoms with Crippen LogP contribution in [0.1, 0.15) is 0 Å². The lowest BCUT2D eigenvalue weighted by Gasteiger charge is -2.09. The van der Waals surface area contributed by atoms with Crippen molar-refractivity contribution in [1.82, 2.24) is 4.90 Å². The molecule has 0 aromatic rings. The number of likely N-dealkylation sites (N-methyl/N-ethyl adjacent to an activating group) is 1. The predicted molar refractivity (Wildman–Crippen MR) is 30.6 cm³/mol. The highest BCUT2D eigenvalue weighted by Gasteiger charge is 2.53. The number of nitrogens with two attached hydrogens (primary N) is 1. The minimum atomic E-state index is -3.35. The van der Waals surface area contributed by atoms with Gasteiger partial charge in [-0.05, 0) is 0 Å². The number of hydrogen-bond acceptors (Lipinski definition) is 2. The van der Waals surface area contributed by atoms with Crippen LogP contribution in [0, 0.1) is 0 Å². The van der Waals surface area contributed by atoms with Crippen molar-refractivity contribution in [1.29, 1.82) is 0 Å². The number of likely N-dealkylation sites (tertiary alicyclic amines) is 1. The van der Waals surface area contributed by atoms with Gasteiger partial charge in [-0.2, -0.15) is 8.78 Å². The summed E-state index contributed by atoms with van der Waals surface area (Å²) in [6.45, 7) is -0.0637. The quantitative estimate of drug-likeness (QED) is 0.502. The highest BCUT2D eigenvalue weighted by atomic mass is 19.3. The average molecular weight is 150 g/mol. The molecule has 1 aliphatic rings. The zero-order valence-corrected chi connectivity index (χ0v) is 5.47. The molecule has 3 nitrogen and oxygen atoms in total. The molecule has 1 rings (SSSR count). The third-order valence-electron chi connectivity index (χ3n) is 1.57. The summed E-state index contributed by atoms with van der Waals surface area (Å²) in [5.74, 6) is -4.53. The largest absolute Gasteiger partial charge is 0.341 e. The van der Waals surface area contributed by atoms with Gasteiger partial charge in [0.25, 0.3) is 5.91 Å². The molecule has 0 spiro atoms. The normalized spacial score (nSPS) is 31.4. The summed E-state index contributed by atoms with van der Waals surface area (Å²) in [7, 11) is 1.31. The van der Waals surface area contributed by atoms with Crippen molar-refractivity contribution in [2.45, 2.75) is 12.0 Å². The monoisotopic (exact) mass is 150 g/mol. The van der Waals surface area contributed by atoms with Crippen molar-refractivity contribution in [3.05, 3.63) is 0 Å². The van der Waals surface area contributed by atoms with Crippen LogP contribution in [0.25, 0.3) is 0 Å². The topological polar surface area (TPSA) is 46.3 Å². The Hall–Kier alpha value is -0.710. The minimum Gasteiger partial charge on any atom is -0.339 e. The molecule has 0 aromatic heterocycles. The molecule has 1 unspecified atom stereocenters. The van der Waals surface area contributed by atoms with Gasteiger partial charge in [0.05, 0.1) is 6.04 Å². The Labute approximate surface area is 56.8 Å². The van der Waals surface area contributed by atoms with E-state index in [1.807, 2.05) is 0 Å².